The normalized spacial score (nSPS) is 22.4. The molecule has 1 aromatic carbocycles. The maximum Gasteiger partial charge on any atom is 0.260 e. The molecule has 6 heteroatoms. The van der Waals surface area contributed by atoms with Crippen molar-refractivity contribution in [2.75, 3.05) is 57.5 Å². The molecule has 0 spiro atoms. The fourth-order valence-corrected chi connectivity index (χ4v) is 4.31. The minimum atomic E-state index is 0.0985. The first-order valence-electron chi connectivity index (χ1n) is 9.09. The van der Waals surface area contributed by atoms with Crippen molar-refractivity contribution in [3.05, 3.63) is 29.8 Å². The smallest absolute Gasteiger partial charge is 0.260 e. The second-order valence-corrected chi connectivity index (χ2v) is 7.83. The summed E-state index contributed by atoms with van der Waals surface area (Å²) in [5.41, 5.74) is 1.19. The van der Waals surface area contributed by atoms with E-state index in [4.69, 9.17) is 9.47 Å². The van der Waals surface area contributed by atoms with Gasteiger partial charge in [-0.2, -0.15) is 11.8 Å². The summed E-state index contributed by atoms with van der Waals surface area (Å²) in [5.74, 6) is 2.99. The SMILES string of the molecule is Cc1ccc(OCC(=O)N2CCCSCC2CN2CCOCC2)cc1. The van der Waals surface area contributed by atoms with Crippen LogP contribution in [-0.4, -0.2) is 79.3 Å². The van der Waals surface area contributed by atoms with Crippen molar-refractivity contribution in [2.24, 2.45) is 0 Å². The van der Waals surface area contributed by atoms with E-state index in [0.717, 1.165) is 63.1 Å². The van der Waals surface area contributed by atoms with E-state index in [0.29, 0.717) is 0 Å². The number of thioether (sulfide) groups is 1. The Hall–Kier alpha value is -1.24. The van der Waals surface area contributed by atoms with Crippen molar-refractivity contribution in [2.45, 2.75) is 19.4 Å². The van der Waals surface area contributed by atoms with E-state index < -0.39 is 0 Å². The molecule has 2 fully saturated rings. The zero-order chi connectivity index (χ0) is 17.5. The van der Waals surface area contributed by atoms with Crippen molar-refractivity contribution in [1.29, 1.82) is 0 Å². The summed E-state index contributed by atoms with van der Waals surface area (Å²) in [6, 6.07) is 8.12. The molecule has 0 radical (unpaired) electrons. The Morgan fingerprint density at radius 2 is 2.00 bits per heavy atom. The Labute approximate surface area is 154 Å². The van der Waals surface area contributed by atoms with E-state index in [1.807, 2.05) is 47.9 Å². The second-order valence-electron chi connectivity index (χ2n) is 6.68. The first-order chi connectivity index (χ1) is 12.2. The van der Waals surface area contributed by atoms with Crippen LogP contribution in [0.4, 0.5) is 0 Å². The minimum absolute atomic E-state index is 0.0985. The molecule has 0 saturated carbocycles. The Morgan fingerprint density at radius 1 is 1.24 bits per heavy atom. The number of amides is 1. The van der Waals surface area contributed by atoms with E-state index in [1.54, 1.807) is 0 Å². The fraction of sp³-hybridized carbons (Fsp3) is 0.632. The van der Waals surface area contributed by atoms with Crippen molar-refractivity contribution in [1.82, 2.24) is 9.80 Å². The lowest BCUT2D eigenvalue weighted by molar-refractivity contribution is -0.135. The maximum absolute atomic E-state index is 12.8. The monoisotopic (exact) mass is 364 g/mol. The van der Waals surface area contributed by atoms with Crippen LogP contribution in [-0.2, 0) is 9.53 Å². The summed E-state index contributed by atoms with van der Waals surface area (Å²) < 4.78 is 11.2. The predicted octanol–water partition coefficient (Wildman–Crippen LogP) is 2.04. The van der Waals surface area contributed by atoms with Crippen molar-refractivity contribution >= 4 is 17.7 Å². The van der Waals surface area contributed by atoms with Gasteiger partial charge in [-0.15, -0.1) is 0 Å². The molecule has 1 amide bonds. The van der Waals surface area contributed by atoms with Crippen LogP contribution in [0.2, 0.25) is 0 Å². The molecule has 25 heavy (non-hydrogen) atoms. The number of carbonyl (C=O) groups excluding carboxylic acids is 1. The first kappa shape index (κ1) is 18.5. The van der Waals surface area contributed by atoms with Gasteiger partial charge in [0.1, 0.15) is 5.75 Å². The van der Waals surface area contributed by atoms with Gasteiger partial charge in [-0.3, -0.25) is 9.69 Å². The molecule has 1 unspecified atom stereocenters. The van der Waals surface area contributed by atoms with E-state index in [9.17, 15) is 4.79 Å². The fourth-order valence-electron chi connectivity index (χ4n) is 3.25. The molecule has 0 aliphatic carbocycles. The molecule has 2 aliphatic heterocycles. The number of nitrogens with zero attached hydrogens (tertiary/aromatic N) is 2. The quantitative estimate of drug-likeness (QED) is 0.800. The van der Waals surface area contributed by atoms with Gasteiger partial charge in [-0.05, 0) is 31.2 Å². The zero-order valence-electron chi connectivity index (χ0n) is 15.0. The average Bonchev–Trinajstić information content (AvgIpc) is 2.87. The predicted molar refractivity (Wildman–Crippen MR) is 101 cm³/mol. The number of carbonyl (C=O) groups is 1. The van der Waals surface area contributed by atoms with E-state index in [2.05, 4.69) is 4.90 Å². The van der Waals surface area contributed by atoms with Gasteiger partial charge in [-0.25, -0.2) is 0 Å². The van der Waals surface area contributed by atoms with E-state index >= 15 is 0 Å². The second kappa shape index (κ2) is 9.46. The highest BCUT2D eigenvalue weighted by Gasteiger charge is 2.28. The van der Waals surface area contributed by atoms with Gasteiger partial charge in [0.15, 0.2) is 6.61 Å². The van der Waals surface area contributed by atoms with Gasteiger partial charge in [0.2, 0.25) is 0 Å². The Morgan fingerprint density at radius 3 is 2.76 bits per heavy atom. The summed E-state index contributed by atoms with van der Waals surface area (Å²) >= 11 is 1.96. The Balaban J connectivity index is 1.57. The molecule has 2 heterocycles. The molecule has 0 N–H and O–H groups in total. The van der Waals surface area contributed by atoms with Gasteiger partial charge < -0.3 is 14.4 Å². The highest BCUT2D eigenvalue weighted by Crippen LogP contribution is 2.19. The number of ether oxygens (including phenoxy) is 2. The van der Waals surface area contributed by atoms with E-state index in [-0.39, 0.29) is 18.6 Å². The van der Waals surface area contributed by atoms with Crippen LogP contribution in [0.15, 0.2) is 24.3 Å². The van der Waals surface area contributed by atoms with Crippen LogP contribution in [0.1, 0.15) is 12.0 Å². The molecule has 3 rings (SSSR count). The van der Waals surface area contributed by atoms with Crippen LogP contribution in [0.5, 0.6) is 5.75 Å². The number of aryl methyl sites for hydroxylation is 1. The van der Waals surface area contributed by atoms with Gasteiger partial charge in [-0.1, -0.05) is 17.7 Å². The molecule has 1 aromatic rings. The molecule has 0 aromatic heterocycles. The van der Waals surface area contributed by atoms with Gasteiger partial charge in [0.25, 0.3) is 5.91 Å². The standard InChI is InChI=1S/C19H28N2O3S/c1-16-3-5-18(6-4-16)24-14-19(22)21-7-2-12-25-15-17(21)13-20-8-10-23-11-9-20/h3-6,17H,2,7-15H2,1H3. The van der Waals surface area contributed by atoms with Gasteiger partial charge >= 0.3 is 0 Å². The first-order valence-corrected chi connectivity index (χ1v) is 10.2. The number of benzene rings is 1. The molecule has 138 valence electrons. The summed E-state index contributed by atoms with van der Waals surface area (Å²) in [6.45, 7) is 7.44. The highest BCUT2D eigenvalue weighted by molar-refractivity contribution is 7.99. The Bertz CT molecular complexity index is 546. The molecule has 1 atom stereocenters. The summed E-state index contributed by atoms with van der Waals surface area (Å²) in [4.78, 5) is 17.3. The molecule has 0 bridgehead atoms. The minimum Gasteiger partial charge on any atom is -0.484 e. The van der Waals surface area contributed by atoms with Crippen molar-refractivity contribution < 1.29 is 14.3 Å². The molecular weight excluding hydrogens is 336 g/mol. The zero-order valence-corrected chi connectivity index (χ0v) is 15.8. The lowest BCUT2D eigenvalue weighted by Crippen LogP contribution is -2.51. The molecule has 5 nitrogen and oxygen atoms in total. The van der Waals surface area contributed by atoms with Crippen molar-refractivity contribution in [3.8, 4) is 5.75 Å². The third-order valence-corrected chi connectivity index (χ3v) is 5.91. The molecule has 2 aliphatic rings. The molecular formula is C19H28N2O3S. The third-order valence-electron chi connectivity index (χ3n) is 4.71. The highest BCUT2D eigenvalue weighted by atomic mass is 32.2. The third kappa shape index (κ3) is 5.62. The van der Waals surface area contributed by atoms with Crippen LogP contribution in [0.25, 0.3) is 0 Å². The largest absolute Gasteiger partial charge is 0.484 e. The van der Waals surface area contributed by atoms with E-state index in [1.165, 1.54) is 5.56 Å². The summed E-state index contributed by atoms with van der Waals surface area (Å²) in [5, 5.41) is 0. The summed E-state index contributed by atoms with van der Waals surface area (Å²) in [7, 11) is 0. The summed E-state index contributed by atoms with van der Waals surface area (Å²) in [6.07, 6.45) is 1.06. The van der Waals surface area contributed by atoms with Gasteiger partial charge in [0.05, 0.1) is 19.3 Å². The van der Waals surface area contributed by atoms with Crippen molar-refractivity contribution in [3.63, 3.8) is 0 Å². The number of rotatable bonds is 5. The number of hydrogen-bond acceptors (Lipinski definition) is 5. The number of morpholine rings is 1. The van der Waals surface area contributed by atoms with Crippen LogP contribution < -0.4 is 4.74 Å². The lowest BCUT2D eigenvalue weighted by Gasteiger charge is -2.35. The van der Waals surface area contributed by atoms with Crippen LogP contribution >= 0.6 is 11.8 Å². The Kier molecular flexibility index (Phi) is 7.02. The van der Waals surface area contributed by atoms with Crippen LogP contribution in [0, 0.1) is 6.92 Å². The van der Waals surface area contributed by atoms with Crippen LogP contribution in [0.3, 0.4) is 0 Å². The molecule has 2 saturated heterocycles. The van der Waals surface area contributed by atoms with Gasteiger partial charge in [0, 0.05) is 31.9 Å². The maximum atomic E-state index is 12.8. The lowest BCUT2D eigenvalue weighted by atomic mass is 10.2. The average molecular weight is 365 g/mol. The topological polar surface area (TPSA) is 42.0 Å². The number of hydrogen-bond donors (Lipinski definition) is 0.